The number of ether oxygens (including phenoxy) is 1. The molecule has 0 saturated heterocycles. The highest BCUT2D eigenvalue weighted by molar-refractivity contribution is 5.14. The SMILES string of the molecule is CCC(N)C(OC(C)CC(C)C)c1cccnc1. The first-order valence-electron chi connectivity index (χ1n) is 6.85. The first-order valence-corrected chi connectivity index (χ1v) is 6.85. The zero-order chi connectivity index (χ0) is 13.5. The van der Waals surface area contributed by atoms with Crippen molar-refractivity contribution < 1.29 is 4.74 Å². The molecule has 0 aliphatic rings. The third kappa shape index (κ3) is 4.75. The summed E-state index contributed by atoms with van der Waals surface area (Å²) in [6.07, 6.45) is 5.73. The lowest BCUT2D eigenvalue weighted by atomic mass is 10.0. The minimum absolute atomic E-state index is 0.0174. The van der Waals surface area contributed by atoms with E-state index in [4.69, 9.17) is 10.5 Å². The summed E-state index contributed by atoms with van der Waals surface area (Å²) in [6.45, 7) is 8.62. The van der Waals surface area contributed by atoms with Crippen LogP contribution >= 0.6 is 0 Å². The fourth-order valence-corrected chi connectivity index (χ4v) is 2.15. The average molecular weight is 250 g/mol. The molecule has 1 aromatic heterocycles. The van der Waals surface area contributed by atoms with Crippen molar-refractivity contribution in [2.45, 2.75) is 58.8 Å². The molecule has 1 rings (SSSR count). The number of nitrogens with zero attached hydrogens (tertiary/aromatic N) is 1. The van der Waals surface area contributed by atoms with Gasteiger partial charge in [-0.05, 0) is 31.7 Å². The van der Waals surface area contributed by atoms with E-state index in [2.05, 4.69) is 32.7 Å². The number of aromatic nitrogens is 1. The molecule has 3 nitrogen and oxygen atoms in total. The Balaban J connectivity index is 2.74. The molecule has 0 fully saturated rings. The lowest BCUT2D eigenvalue weighted by molar-refractivity contribution is -0.0272. The van der Waals surface area contributed by atoms with Gasteiger partial charge in [0.25, 0.3) is 0 Å². The monoisotopic (exact) mass is 250 g/mol. The quantitative estimate of drug-likeness (QED) is 0.807. The van der Waals surface area contributed by atoms with Gasteiger partial charge in [-0.2, -0.15) is 0 Å². The smallest absolute Gasteiger partial charge is 0.0994 e. The molecule has 3 unspecified atom stereocenters. The Hall–Kier alpha value is -0.930. The summed E-state index contributed by atoms with van der Waals surface area (Å²) in [6, 6.07) is 3.99. The zero-order valence-electron chi connectivity index (χ0n) is 12.0. The second-order valence-electron chi connectivity index (χ2n) is 5.36. The van der Waals surface area contributed by atoms with Gasteiger partial charge in [-0.3, -0.25) is 4.98 Å². The van der Waals surface area contributed by atoms with Crippen molar-refractivity contribution in [2.24, 2.45) is 11.7 Å². The Morgan fingerprint density at radius 1 is 1.33 bits per heavy atom. The van der Waals surface area contributed by atoms with Crippen LogP contribution in [0.3, 0.4) is 0 Å². The van der Waals surface area contributed by atoms with E-state index < -0.39 is 0 Å². The van der Waals surface area contributed by atoms with E-state index in [-0.39, 0.29) is 18.2 Å². The Kier molecular flexibility index (Phi) is 6.30. The van der Waals surface area contributed by atoms with Gasteiger partial charge >= 0.3 is 0 Å². The van der Waals surface area contributed by atoms with E-state index in [1.807, 2.05) is 18.3 Å². The lowest BCUT2D eigenvalue weighted by Crippen LogP contribution is -2.32. The van der Waals surface area contributed by atoms with Crippen molar-refractivity contribution in [2.75, 3.05) is 0 Å². The van der Waals surface area contributed by atoms with Crippen LogP contribution in [-0.2, 0) is 4.74 Å². The molecule has 0 aliphatic carbocycles. The summed E-state index contributed by atoms with van der Waals surface area (Å²) in [5.74, 6) is 0.632. The summed E-state index contributed by atoms with van der Waals surface area (Å²) in [7, 11) is 0. The molecule has 1 aromatic rings. The van der Waals surface area contributed by atoms with Crippen molar-refractivity contribution in [3.63, 3.8) is 0 Å². The Bertz CT molecular complexity index is 327. The zero-order valence-corrected chi connectivity index (χ0v) is 12.0. The van der Waals surface area contributed by atoms with E-state index in [0.29, 0.717) is 5.92 Å². The Labute approximate surface area is 111 Å². The number of nitrogens with two attached hydrogens (primary N) is 1. The number of hydrogen-bond donors (Lipinski definition) is 1. The minimum Gasteiger partial charge on any atom is -0.369 e. The first kappa shape index (κ1) is 15.1. The fraction of sp³-hybridized carbons (Fsp3) is 0.667. The van der Waals surface area contributed by atoms with Crippen LogP contribution in [-0.4, -0.2) is 17.1 Å². The van der Waals surface area contributed by atoms with Crippen LogP contribution in [0.15, 0.2) is 24.5 Å². The topological polar surface area (TPSA) is 48.1 Å². The van der Waals surface area contributed by atoms with Crippen LogP contribution in [0.1, 0.15) is 52.2 Å². The van der Waals surface area contributed by atoms with Gasteiger partial charge in [-0.1, -0.05) is 26.8 Å². The van der Waals surface area contributed by atoms with Gasteiger partial charge < -0.3 is 10.5 Å². The summed E-state index contributed by atoms with van der Waals surface area (Å²) in [5, 5.41) is 0. The van der Waals surface area contributed by atoms with Gasteiger partial charge in [-0.25, -0.2) is 0 Å². The number of pyridine rings is 1. The van der Waals surface area contributed by atoms with Crippen molar-refractivity contribution in [3.8, 4) is 0 Å². The molecule has 102 valence electrons. The van der Waals surface area contributed by atoms with Crippen LogP contribution in [0.5, 0.6) is 0 Å². The maximum Gasteiger partial charge on any atom is 0.0994 e. The van der Waals surface area contributed by atoms with E-state index in [1.165, 1.54) is 0 Å². The molecule has 3 atom stereocenters. The van der Waals surface area contributed by atoms with Gasteiger partial charge in [0, 0.05) is 24.0 Å². The van der Waals surface area contributed by atoms with Gasteiger partial charge in [0.15, 0.2) is 0 Å². The molecule has 0 aromatic carbocycles. The molecule has 0 amide bonds. The van der Waals surface area contributed by atoms with E-state index in [1.54, 1.807) is 6.20 Å². The van der Waals surface area contributed by atoms with Crippen LogP contribution in [0.4, 0.5) is 0 Å². The molecule has 0 radical (unpaired) electrons. The van der Waals surface area contributed by atoms with Gasteiger partial charge in [-0.15, -0.1) is 0 Å². The summed E-state index contributed by atoms with van der Waals surface area (Å²) >= 11 is 0. The molecular weight excluding hydrogens is 224 g/mol. The molecule has 0 spiro atoms. The predicted octanol–water partition coefficient (Wildman–Crippen LogP) is 3.31. The fourth-order valence-electron chi connectivity index (χ4n) is 2.15. The van der Waals surface area contributed by atoms with Crippen LogP contribution in [0.25, 0.3) is 0 Å². The standard InChI is InChI=1S/C15H26N2O/c1-5-14(16)15(13-7-6-8-17-10-13)18-12(4)9-11(2)3/h6-8,10-12,14-15H,5,9,16H2,1-4H3. The predicted molar refractivity (Wildman–Crippen MR) is 75.2 cm³/mol. The molecule has 18 heavy (non-hydrogen) atoms. The van der Waals surface area contributed by atoms with Crippen LogP contribution in [0.2, 0.25) is 0 Å². The van der Waals surface area contributed by atoms with Crippen LogP contribution in [0, 0.1) is 5.92 Å². The maximum atomic E-state index is 6.18. The second kappa shape index (κ2) is 7.49. The van der Waals surface area contributed by atoms with Crippen molar-refractivity contribution in [3.05, 3.63) is 30.1 Å². The van der Waals surface area contributed by atoms with Crippen molar-refractivity contribution >= 4 is 0 Å². The average Bonchev–Trinajstić information content (AvgIpc) is 2.35. The highest BCUT2D eigenvalue weighted by Crippen LogP contribution is 2.24. The highest BCUT2D eigenvalue weighted by atomic mass is 16.5. The summed E-state index contributed by atoms with van der Waals surface area (Å²) in [4.78, 5) is 4.15. The molecule has 0 aliphatic heterocycles. The Morgan fingerprint density at radius 2 is 2.06 bits per heavy atom. The highest BCUT2D eigenvalue weighted by Gasteiger charge is 2.22. The summed E-state index contributed by atoms with van der Waals surface area (Å²) < 4.78 is 6.14. The van der Waals surface area contributed by atoms with Gasteiger partial charge in [0.05, 0.1) is 12.2 Å². The number of rotatable bonds is 7. The molecular formula is C15H26N2O. The summed E-state index contributed by atoms with van der Waals surface area (Å²) in [5.41, 5.74) is 7.25. The lowest BCUT2D eigenvalue weighted by Gasteiger charge is -2.27. The third-order valence-corrected chi connectivity index (χ3v) is 3.06. The second-order valence-corrected chi connectivity index (χ2v) is 5.36. The van der Waals surface area contributed by atoms with Gasteiger partial charge in [0.1, 0.15) is 0 Å². The Morgan fingerprint density at radius 3 is 2.56 bits per heavy atom. The normalized spacial score (nSPS) is 16.6. The van der Waals surface area contributed by atoms with Crippen molar-refractivity contribution in [1.82, 2.24) is 4.98 Å². The third-order valence-electron chi connectivity index (χ3n) is 3.06. The molecule has 2 N–H and O–H groups in total. The van der Waals surface area contributed by atoms with E-state index in [9.17, 15) is 0 Å². The molecule has 1 heterocycles. The van der Waals surface area contributed by atoms with Crippen molar-refractivity contribution in [1.29, 1.82) is 0 Å². The molecule has 3 heteroatoms. The molecule has 0 bridgehead atoms. The maximum absolute atomic E-state index is 6.18. The van der Waals surface area contributed by atoms with Gasteiger partial charge in [0.2, 0.25) is 0 Å². The van der Waals surface area contributed by atoms with E-state index >= 15 is 0 Å². The van der Waals surface area contributed by atoms with E-state index in [0.717, 1.165) is 18.4 Å². The first-order chi connectivity index (χ1) is 8.54. The minimum atomic E-state index is -0.0579. The number of hydrogen-bond acceptors (Lipinski definition) is 3. The molecule has 0 saturated carbocycles. The largest absolute Gasteiger partial charge is 0.369 e. The van der Waals surface area contributed by atoms with Crippen LogP contribution < -0.4 is 5.73 Å².